The van der Waals surface area contributed by atoms with Gasteiger partial charge in [0.2, 0.25) is 5.91 Å². The van der Waals surface area contributed by atoms with Gasteiger partial charge in [-0.1, -0.05) is 30.3 Å². The highest BCUT2D eigenvalue weighted by Crippen LogP contribution is 2.21. The average Bonchev–Trinajstić information content (AvgIpc) is 3.11. The molecule has 0 radical (unpaired) electrons. The molecular formula is C19H15F2N3OS. The van der Waals surface area contributed by atoms with Crippen LogP contribution in [0, 0.1) is 11.6 Å². The molecule has 26 heavy (non-hydrogen) atoms. The maximum Gasteiger partial charge on any atom is 0.246 e. The van der Waals surface area contributed by atoms with Gasteiger partial charge in [-0.15, -0.1) is 11.3 Å². The van der Waals surface area contributed by atoms with Gasteiger partial charge in [0, 0.05) is 16.5 Å². The summed E-state index contributed by atoms with van der Waals surface area (Å²) in [6.07, 6.45) is 0.0893. The summed E-state index contributed by atoms with van der Waals surface area (Å²) in [6.45, 7) is 1.60. The summed E-state index contributed by atoms with van der Waals surface area (Å²) in [5, 5.41) is 6.50. The van der Waals surface area contributed by atoms with Crippen LogP contribution < -0.4 is 5.43 Å². The predicted octanol–water partition coefficient (Wildman–Crippen LogP) is 4.17. The molecule has 0 saturated heterocycles. The fourth-order valence-corrected chi connectivity index (χ4v) is 3.04. The van der Waals surface area contributed by atoms with Crippen molar-refractivity contribution in [1.82, 2.24) is 10.4 Å². The van der Waals surface area contributed by atoms with E-state index in [0.717, 1.165) is 23.4 Å². The van der Waals surface area contributed by atoms with Gasteiger partial charge in [-0.2, -0.15) is 5.10 Å². The van der Waals surface area contributed by atoms with Gasteiger partial charge < -0.3 is 0 Å². The molecule has 1 aromatic heterocycles. The van der Waals surface area contributed by atoms with Crippen molar-refractivity contribution in [3.8, 4) is 11.3 Å². The van der Waals surface area contributed by atoms with Gasteiger partial charge in [0.05, 0.1) is 17.8 Å². The van der Waals surface area contributed by atoms with Crippen LogP contribution in [0.2, 0.25) is 0 Å². The molecule has 3 rings (SSSR count). The molecule has 132 valence electrons. The van der Waals surface area contributed by atoms with E-state index in [4.69, 9.17) is 0 Å². The number of aromatic nitrogens is 1. The molecule has 0 spiro atoms. The van der Waals surface area contributed by atoms with Crippen LogP contribution in [-0.4, -0.2) is 16.6 Å². The standard InChI is InChI=1S/C19H15F2N3OS/c1-12(14-7-8-15(20)16(21)9-14)23-24-18(25)10-19-22-17(11-26-19)13-5-3-2-4-6-13/h2-9,11H,10H2,1H3,(H,24,25)/b23-12-. The fraction of sp³-hybridized carbons (Fsp3) is 0.105. The van der Waals surface area contributed by atoms with Crippen LogP contribution in [0.15, 0.2) is 59.0 Å². The summed E-state index contributed by atoms with van der Waals surface area (Å²) in [5.74, 6) is -2.22. The Hall–Kier alpha value is -2.93. The lowest BCUT2D eigenvalue weighted by molar-refractivity contribution is -0.120. The van der Waals surface area contributed by atoms with Crippen molar-refractivity contribution < 1.29 is 13.6 Å². The van der Waals surface area contributed by atoms with Gasteiger partial charge in [0.25, 0.3) is 0 Å². The van der Waals surface area contributed by atoms with Crippen molar-refractivity contribution in [3.05, 3.63) is 76.1 Å². The monoisotopic (exact) mass is 371 g/mol. The molecule has 7 heteroatoms. The molecule has 3 aromatic rings. The third kappa shape index (κ3) is 4.37. The highest BCUT2D eigenvalue weighted by Gasteiger charge is 2.10. The van der Waals surface area contributed by atoms with Crippen LogP contribution in [0.25, 0.3) is 11.3 Å². The van der Waals surface area contributed by atoms with Crippen LogP contribution in [0.1, 0.15) is 17.5 Å². The Labute approximate surface area is 153 Å². The average molecular weight is 371 g/mol. The zero-order valence-corrected chi connectivity index (χ0v) is 14.7. The molecule has 0 aliphatic heterocycles. The van der Waals surface area contributed by atoms with Crippen LogP contribution in [-0.2, 0) is 11.2 Å². The smallest absolute Gasteiger partial charge is 0.246 e. The summed E-state index contributed by atoms with van der Waals surface area (Å²) >= 11 is 1.40. The van der Waals surface area contributed by atoms with Crippen LogP contribution in [0.5, 0.6) is 0 Å². The van der Waals surface area contributed by atoms with E-state index in [9.17, 15) is 13.6 Å². The first kappa shape index (κ1) is 17.9. The maximum atomic E-state index is 13.2. The molecule has 0 saturated carbocycles. The van der Waals surface area contributed by atoms with Crippen LogP contribution in [0.4, 0.5) is 8.78 Å². The van der Waals surface area contributed by atoms with Gasteiger partial charge in [-0.05, 0) is 25.1 Å². The topological polar surface area (TPSA) is 54.4 Å². The van der Waals surface area contributed by atoms with E-state index in [-0.39, 0.29) is 12.3 Å². The number of halogens is 2. The lowest BCUT2D eigenvalue weighted by Crippen LogP contribution is -2.21. The minimum Gasteiger partial charge on any atom is -0.273 e. The highest BCUT2D eigenvalue weighted by molar-refractivity contribution is 7.10. The normalized spacial score (nSPS) is 11.4. The number of rotatable bonds is 5. The Kier molecular flexibility index (Phi) is 5.48. The van der Waals surface area contributed by atoms with E-state index in [1.54, 1.807) is 6.92 Å². The minimum atomic E-state index is -0.959. The number of carbonyl (C=O) groups excluding carboxylic acids is 1. The van der Waals surface area contributed by atoms with E-state index in [1.165, 1.54) is 17.4 Å². The number of hydrazone groups is 1. The number of amides is 1. The van der Waals surface area contributed by atoms with Gasteiger partial charge in [-0.25, -0.2) is 19.2 Å². The fourth-order valence-electron chi connectivity index (χ4n) is 2.24. The second-order valence-electron chi connectivity index (χ2n) is 5.53. The summed E-state index contributed by atoms with van der Waals surface area (Å²) < 4.78 is 26.2. The molecule has 0 atom stereocenters. The molecule has 0 bridgehead atoms. The van der Waals surface area contributed by atoms with E-state index in [1.807, 2.05) is 35.7 Å². The van der Waals surface area contributed by atoms with Crippen molar-refractivity contribution >= 4 is 23.0 Å². The molecule has 1 heterocycles. The van der Waals surface area contributed by atoms with E-state index in [2.05, 4.69) is 15.5 Å². The number of carbonyl (C=O) groups is 1. The Morgan fingerprint density at radius 3 is 2.65 bits per heavy atom. The Morgan fingerprint density at radius 1 is 1.15 bits per heavy atom. The Morgan fingerprint density at radius 2 is 1.92 bits per heavy atom. The molecule has 0 fully saturated rings. The molecule has 2 aromatic carbocycles. The van der Waals surface area contributed by atoms with Gasteiger partial charge in [0.15, 0.2) is 11.6 Å². The summed E-state index contributed by atoms with van der Waals surface area (Å²) in [7, 11) is 0. The number of nitrogens with zero attached hydrogens (tertiary/aromatic N) is 2. The van der Waals surface area contributed by atoms with Crippen molar-refractivity contribution in [1.29, 1.82) is 0 Å². The summed E-state index contributed by atoms with van der Waals surface area (Å²) in [4.78, 5) is 16.5. The zero-order chi connectivity index (χ0) is 18.5. The molecule has 4 nitrogen and oxygen atoms in total. The third-order valence-corrected chi connectivity index (χ3v) is 4.47. The lowest BCUT2D eigenvalue weighted by Gasteiger charge is -2.03. The third-order valence-electron chi connectivity index (χ3n) is 3.62. The highest BCUT2D eigenvalue weighted by atomic mass is 32.1. The first-order valence-corrected chi connectivity index (χ1v) is 8.69. The van der Waals surface area contributed by atoms with E-state index < -0.39 is 11.6 Å². The number of nitrogens with one attached hydrogen (secondary N) is 1. The maximum absolute atomic E-state index is 13.2. The van der Waals surface area contributed by atoms with Gasteiger partial charge in [0.1, 0.15) is 5.01 Å². The van der Waals surface area contributed by atoms with Crippen LogP contribution in [0.3, 0.4) is 0 Å². The molecule has 1 amide bonds. The number of benzene rings is 2. The van der Waals surface area contributed by atoms with Crippen LogP contribution >= 0.6 is 11.3 Å². The quantitative estimate of drug-likeness (QED) is 0.541. The minimum absolute atomic E-state index is 0.0893. The lowest BCUT2D eigenvalue weighted by atomic mass is 10.1. The second-order valence-corrected chi connectivity index (χ2v) is 6.47. The first-order valence-electron chi connectivity index (χ1n) is 7.81. The van der Waals surface area contributed by atoms with E-state index in [0.29, 0.717) is 16.3 Å². The predicted molar refractivity (Wildman–Crippen MR) is 98.0 cm³/mol. The van der Waals surface area contributed by atoms with Gasteiger partial charge >= 0.3 is 0 Å². The molecule has 0 aliphatic carbocycles. The van der Waals surface area contributed by atoms with E-state index >= 15 is 0 Å². The first-order chi connectivity index (χ1) is 12.5. The number of thiazole rings is 1. The molecule has 0 aliphatic rings. The molecular weight excluding hydrogens is 356 g/mol. The number of hydrogen-bond donors (Lipinski definition) is 1. The molecule has 1 N–H and O–H groups in total. The van der Waals surface area contributed by atoms with Gasteiger partial charge in [-0.3, -0.25) is 4.79 Å². The SMILES string of the molecule is C/C(=N/NC(=O)Cc1nc(-c2ccccc2)cs1)c1ccc(F)c(F)c1. The summed E-state index contributed by atoms with van der Waals surface area (Å²) in [5.41, 5.74) is 4.99. The second kappa shape index (κ2) is 7.97. The van der Waals surface area contributed by atoms with Crippen molar-refractivity contribution in [2.75, 3.05) is 0 Å². The van der Waals surface area contributed by atoms with Crippen molar-refractivity contribution in [2.24, 2.45) is 5.10 Å². The van der Waals surface area contributed by atoms with Crippen molar-refractivity contribution in [2.45, 2.75) is 13.3 Å². The molecule has 0 unspecified atom stereocenters. The van der Waals surface area contributed by atoms with Crippen molar-refractivity contribution in [3.63, 3.8) is 0 Å². The Bertz CT molecular complexity index is 954. The summed E-state index contributed by atoms with van der Waals surface area (Å²) in [6, 6.07) is 13.1. The Balaban J connectivity index is 1.62. The zero-order valence-electron chi connectivity index (χ0n) is 13.9. The number of hydrogen-bond acceptors (Lipinski definition) is 4. The largest absolute Gasteiger partial charge is 0.273 e.